The molecule has 3 heterocycles. The Morgan fingerprint density at radius 1 is 1.26 bits per heavy atom. The van der Waals surface area contributed by atoms with Crippen molar-refractivity contribution in [2.24, 2.45) is 5.41 Å². The van der Waals surface area contributed by atoms with Crippen LogP contribution in [0, 0.1) is 5.41 Å². The lowest BCUT2D eigenvalue weighted by molar-refractivity contribution is -0.0435. The van der Waals surface area contributed by atoms with Crippen LogP contribution in [0.25, 0.3) is 0 Å². The van der Waals surface area contributed by atoms with Crippen molar-refractivity contribution in [2.75, 3.05) is 31.1 Å². The smallest absolute Gasteiger partial charge is 0.410 e. The summed E-state index contributed by atoms with van der Waals surface area (Å²) in [5.74, 6) is 0.628. The van der Waals surface area contributed by atoms with E-state index in [1.807, 2.05) is 20.8 Å². The lowest BCUT2D eigenvalue weighted by Crippen LogP contribution is -2.62. The number of carbonyl (C=O) groups is 1. The molecule has 1 aromatic rings. The Bertz CT molecular complexity index is 588. The molecular weight excluding hydrogens is 318 g/mol. The third-order valence-corrected chi connectivity index (χ3v) is 4.52. The van der Waals surface area contributed by atoms with Gasteiger partial charge in [0.2, 0.25) is 11.2 Å². The van der Waals surface area contributed by atoms with Gasteiger partial charge in [-0.3, -0.25) is 0 Å². The first kappa shape index (κ1) is 16.2. The van der Waals surface area contributed by atoms with E-state index in [1.165, 1.54) is 6.33 Å². The molecule has 1 amide bonds. The quantitative estimate of drug-likeness (QED) is 0.782. The number of likely N-dealkylation sites (tertiary alicyclic amines) is 1. The fourth-order valence-electron chi connectivity index (χ4n) is 3.14. The highest BCUT2D eigenvalue weighted by Gasteiger charge is 2.48. The number of halogens is 1. The molecule has 0 N–H and O–H groups in total. The van der Waals surface area contributed by atoms with Crippen LogP contribution in [0.4, 0.5) is 10.7 Å². The van der Waals surface area contributed by atoms with Crippen molar-refractivity contribution in [3.05, 3.63) is 11.6 Å². The summed E-state index contributed by atoms with van der Waals surface area (Å²) in [6, 6.07) is 0. The topological polar surface area (TPSA) is 71.5 Å². The molecule has 0 aromatic carbocycles. The maximum atomic E-state index is 12.0. The minimum Gasteiger partial charge on any atom is -0.444 e. The number of ether oxygens (including phenoxy) is 1. The second-order valence-corrected chi connectivity index (χ2v) is 7.72. The minimum absolute atomic E-state index is 0.213. The van der Waals surface area contributed by atoms with Crippen LogP contribution in [0.15, 0.2) is 6.33 Å². The van der Waals surface area contributed by atoms with Crippen molar-refractivity contribution in [3.8, 4) is 0 Å². The van der Waals surface area contributed by atoms with Gasteiger partial charge in [0.05, 0.1) is 0 Å². The van der Waals surface area contributed by atoms with E-state index in [1.54, 1.807) is 4.90 Å². The summed E-state index contributed by atoms with van der Waals surface area (Å²) in [5.41, 5.74) is -0.231. The molecule has 7 nitrogen and oxygen atoms in total. The molecular formula is C15H22ClN5O2. The first-order valence-corrected chi connectivity index (χ1v) is 8.22. The third-order valence-electron chi connectivity index (χ3n) is 4.34. The monoisotopic (exact) mass is 339 g/mol. The van der Waals surface area contributed by atoms with E-state index >= 15 is 0 Å². The van der Waals surface area contributed by atoms with Gasteiger partial charge < -0.3 is 14.5 Å². The molecule has 2 aliphatic rings. The molecule has 3 rings (SSSR count). The average molecular weight is 340 g/mol. The van der Waals surface area contributed by atoms with Crippen molar-refractivity contribution in [1.29, 1.82) is 0 Å². The van der Waals surface area contributed by atoms with E-state index in [4.69, 9.17) is 16.3 Å². The normalized spacial score (nSPS) is 20.3. The Morgan fingerprint density at radius 2 is 1.91 bits per heavy atom. The number of amides is 1. The number of piperidine rings is 1. The molecule has 0 bridgehead atoms. The van der Waals surface area contributed by atoms with Crippen LogP contribution >= 0.6 is 11.6 Å². The molecule has 0 aliphatic carbocycles. The van der Waals surface area contributed by atoms with Crippen LogP contribution in [0.2, 0.25) is 5.28 Å². The number of hydrogen-bond donors (Lipinski definition) is 0. The molecule has 0 radical (unpaired) electrons. The Morgan fingerprint density at radius 3 is 2.48 bits per heavy atom. The summed E-state index contributed by atoms with van der Waals surface area (Å²) >= 11 is 5.82. The third kappa shape index (κ3) is 3.65. The highest BCUT2D eigenvalue weighted by Crippen LogP contribution is 2.41. The molecule has 8 heteroatoms. The van der Waals surface area contributed by atoms with E-state index in [2.05, 4.69) is 19.9 Å². The summed E-state index contributed by atoms with van der Waals surface area (Å²) in [7, 11) is 0. The number of hydrogen-bond acceptors (Lipinski definition) is 6. The van der Waals surface area contributed by atoms with Crippen LogP contribution in [0.5, 0.6) is 0 Å². The molecule has 0 saturated carbocycles. The van der Waals surface area contributed by atoms with Crippen LogP contribution in [0.1, 0.15) is 33.6 Å². The predicted octanol–water partition coefficient (Wildman–Crippen LogP) is 2.36. The minimum atomic E-state index is -0.443. The Balaban J connectivity index is 1.52. The maximum Gasteiger partial charge on any atom is 0.410 e. The van der Waals surface area contributed by atoms with Crippen molar-refractivity contribution >= 4 is 23.6 Å². The maximum absolute atomic E-state index is 12.0. The van der Waals surface area contributed by atoms with Gasteiger partial charge in [0.15, 0.2) is 0 Å². The van der Waals surface area contributed by atoms with E-state index in [0.717, 1.165) is 39.0 Å². The van der Waals surface area contributed by atoms with Gasteiger partial charge in [-0.15, -0.1) is 0 Å². The fourth-order valence-corrected chi connectivity index (χ4v) is 3.26. The molecule has 2 saturated heterocycles. The van der Waals surface area contributed by atoms with Gasteiger partial charge in [0.25, 0.3) is 0 Å². The molecule has 0 atom stereocenters. The fraction of sp³-hybridized carbons (Fsp3) is 0.733. The summed E-state index contributed by atoms with van der Waals surface area (Å²) in [5, 5.41) is 0.218. The van der Waals surface area contributed by atoms with Crippen LogP contribution in [0.3, 0.4) is 0 Å². The van der Waals surface area contributed by atoms with Crippen LogP contribution in [-0.2, 0) is 4.74 Å². The number of carbonyl (C=O) groups excluding carboxylic acids is 1. The van der Waals surface area contributed by atoms with Crippen molar-refractivity contribution in [2.45, 2.75) is 39.2 Å². The van der Waals surface area contributed by atoms with Crippen LogP contribution in [-0.4, -0.2) is 57.7 Å². The van der Waals surface area contributed by atoms with Crippen molar-refractivity contribution in [3.63, 3.8) is 0 Å². The van der Waals surface area contributed by atoms with Crippen molar-refractivity contribution < 1.29 is 9.53 Å². The number of rotatable bonds is 1. The zero-order valence-electron chi connectivity index (χ0n) is 13.8. The Hall–Kier alpha value is -1.63. The molecule has 23 heavy (non-hydrogen) atoms. The summed E-state index contributed by atoms with van der Waals surface area (Å²) in [4.78, 5) is 28.1. The number of aromatic nitrogens is 3. The Labute approximate surface area is 141 Å². The van der Waals surface area contributed by atoms with E-state index in [0.29, 0.717) is 5.95 Å². The molecule has 126 valence electrons. The van der Waals surface area contributed by atoms with E-state index < -0.39 is 5.60 Å². The highest BCUT2D eigenvalue weighted by molar-refractivity contribution is 6.28. The van der Waals surface area contributed by atoms with Gasteiger partial charge >= 0.3 is 6.09 Å². The second-order valence-electron chi connectivity index (χ2n) is 7.38. The average Bonchev–Trinajstić information content (AvgIpc) is 2.43. The highest BCUT2D eigenvalue weighted by atomic mass is 35.5. The standard InChI is InChI=1S/C15H22ClN5O2/c1-14(2,3)23-13(22)21-8-15(9-21)4-6-20(7-5-15)12-18-10-17-11(16)19-12/h10H,4-9H2,1-3H3. The number of anilines is 1. The van der Waals surface area contributed by atoms with Gasteiger partial charge in [-0.2, -0.15) is 4.98 Å². The first-order valence-electron chi connectivity index (χ1n) is 7.84. The summed E-state index contributed by atoms with van der Waals surface area (Å²) in [6.07, 6.45) is 3.24. The van der Waals surface area contributed by atoms with Gasteiger partial charge in [0.1, 0.15) is 11.9 Å². The van der Waals surface area contributed by atoms with E-state index in [9.17, 15) is 4.79 Å². The second kappa shape index (κ2) is 5.78. The zero-order valence-corrected chi connectivity index (χ0v) is 14.5. The largest absolute Gasteiger partial charge is 0.444 e. The molecule has 0 unspecified atom stereocenters. The summed E-state index contributed by atoms with van der Waals surface area (Å²) in [6.45, 7) is 8.93. The predicted molar refractivity (Wildman–Crippen MR) is 86.5 cm³/mol. The molecule has 2 aliphatic heterocycles. The first-order chi connectivity index (χ1) is 10.8. The summed E-state index contributed by atoms with van der Waals surface area (Å²) < 4.78 is 5.41. The Kier molecular flexibility index (Phi) is 4.08. The van der Waals surface area contributed by atoms with Crippen LogP contribution < -0.4 is 4.90 Å². The molecule has 2 fully saturated rings. The molecule has 1 aromatic heterocycles. The lowest BCUT2D eigenvalue weighted by atomic mass is 9.72. The van der Waals surface area contributed by atoms with E-state index in [-0.39, 0.29) is 16.8 Å². The molecule has 1 spiro atoms. The van der Waals surface area contributed by atoms with Gasteiger partial charge in [-0.1, -0.05) is 0 Å². The zero-order chi connectivity index (χ0) is 16.7. The SMILES string of the molecule is CC(C)(C)OC(=O)N1CC2(CCN(c3ncnc(Cl)n3)CC2)C1. The lowest BCUT2D eigenvalue weighted by Gasteiger charge is -2.53. The van der Waals surface area contributed by atoms with Gasteiger partial charge in [-0.25, -0.2) is 14.8 Å². The number of nitrogens with zero attached hydrogens (tertiary/aromatic N) is 5. The van der Waals surface area contributed by atoms with Gasteiger partial charge in [0, 0.05) is 31.6 Å². The van der Waals surface area contributed by atoms with Crippen molar-refractivity contribution in [1.82, 2.24) is 19.9 Å². The van der Waals surface area contributed by atoms with Gasteiger partial charge in [-0.05, 0) is 45.2 Å².